The minimum Gasteiger partial charge on any atom is -0.497 e. The third kappa shape index (κ3) is 8.30. The van der Waals surface area contributed by atoms with Crippen molar-refractivity contribution in [2.45, 2.75) is 45.8 Å². The molecule has 3 atom stereocenters. The summed E-state index contributed by atoms with van der Waals surface area (Å²) < 4.78 is 44.6. The molecule has 0 fully saturated rings. The van der Waals surface area contributed by atoms with E-state index in [4.69, 9.17) is 27.9 Å². The molecule has 0 aliphatic carbocycles. The normalized spacial score (nSPS) is 13.9. The Bertz CT molecular complexity index is 1180. The maximum Gasteiger partial charge on any atom is 0.450 e. The fourth-order valence-electron chi connectivity index (χ4n) is 3.80. The summed E-state index contributed by atoms with van der Waals surface area (Å²) in [5.41, 5.74) is 0.412. The fraction of sp³-hybridized carbons (Fsp3) is 0.407. The predicted octanol–water partition coefficient (Wildman–Crippen LogP) is 6.43. The van der Waals surface area contributed by atoms with Crippen molar-refractivity contribution in [2.75, 3.05) is 7.11 Å². The number of benzene rings is 2. The highest BCUT2D eigenvalue weighted by molar-refractivity contribution is 6.35. The van der Waals surface area contributed by atoms with Gasteiger partial charge in [0.15, 0.2) is 11.6 Å². The summed E-state index contributed by atoms with van der Waals surface area (Å²) in [4.78, 5) is 51.0. The predicted molar refractivity (Wildman–Crippen MR) is 137 cm³/mol. The molecule has 38 heavy (non-hydrogen) atoms. The van der Waals surface area contributed by atoms with Crippen LogP contribution in [0.4, 0.5) is 13.2 Å². The van der Waals surface area contributed by atoms with Crippen LogP contribution in [-0.4, -0.2) is 36.5 Å². The number of carbonyl (C=O) groups excluding carboxylic acids is 4. The Balaban J connectivity index is 2.30. The Morgan fingerprint density at radius 1 is 0.947 bits per heavy atom. The molecule has 0 unspecified atom stereocenters. The van der Waals surface area contributed by atoms with Gasteiger partial charge in [-0.15, -0.1) is 0 Å². The lowest BCUT2D eigenvalue weighted by Crippen LogP contribution is -2.40. The molecule has 0 aliphatic rings. The molecule has 2 rings (SSSR count). The topological polar surface area (TPSA) is 89.5 Å². The molecule has 2 aromatic carbocycles. The Hall–Kier alpha value is -2.91. The molecular formula is C27H28Cl2F3NO5. The molecule has 0 aliphatic heterocycles. The van der Waals surface area contributed by atoms with E-state index in [-0.39, 0.29) is 27.6 Å². The summed E-state index contributed by atoms with van der Waals surface area (Å²) >= 11 is 12.0. The molecule has 0 saturated heterocycles. The zero-order valence-electron chi connectivity index (χ0n) is 21.2. The van der Waals surface area contributed by atoms with Crippen molar-refractivity contribution in [3.8, 4) is 5.75 Å². The lowest BCUT2D eigenvalue weighted by Gasteiger charge is -2.25. The Kier molecular flexibility index (Phi) is 10.9. The molecule has 0 spiro atoms. The second kappa shape index (κ2) is 13.2. The van der Waals surface area contributed by atoms with E-state index >= 15 is 0 Å². The van der Waals surface area contributed by atoms with Gasteiger partial charge >= 0.3 is 6.18 Å². The molecule has 11 heteroatoms. The second-order valence-electron chi connectivity index (χ2n) is 9.25. The number of alkyl halides is 3. The molecule has 0 bridgehead atoms. The zero-order chi connectivity index (χ0) is 28.8. The van der Waals surface area contributed by atoms with Crippen molar-refractivity contribution in [1.82, 2.24) is 5.32 Å². The summed E-state index contributed by atoms with van der Waals surface area (Å²) in [6.07, 6.45) is -6.11. The number of ketones is 3. The first-order valence-corrected chi connectivity index (χ1v) is 12.5. The van der Waals surface area contributed by atoms with Crippen LogP contribution in [0.15, 0.2) is 42.5 Å². The first-order valence-electron chi connectivity index (χ1n) is 11.7. The van der Waals surface area contributed by atoms with Crippen LogP contribution in [-0.2, 0) is 14.4 Å². The van der Waals surface area contributed by atoms with Gasteiger partial charge < -0.3 is 10.1 Å². The van der Waals surface area contributed by atoms with E-state index < -0.39 is 59.6 Å². The highest BCUT2D eigenvalue weighted by atomic mass is 35.5. The summed E-state index contributed by atoms with van der Waals surface area (Å²) in [5, 5.41) is 2.99. The average Bonchev–Trinajstić information content (AvgIpc) is 2.85. The van der Waals surface area contributed by atoms with Crippen LogP contribution in [0, 0.1) is 17.8 Å². The first-order chi connectivity index (χ1) is 17.6. The van der Waals surface area contributed by atoms with E-state index in [1.54, 1.807) is 0 Å². The van der Waals surface area contributed by atoms with Crippen LogP contribution in [0.3, 0.4) is 0 Å². The summed E-state index contributed by atoms with van der Waals surface area (Å²) in [7, 11) is 1.43. The van der Waals surface area contributed by atoms with Crippen LogP contribution in [0.5, 0.6) is 5.75 Å². The molecule has 0 aromatic heterocycles. The van der Waals surface area contributed by atoms with Gasteiger partial charge in [-0.05, 0) is 41.8 Å². The van der Waals surface area contributed by atoms with Crippen molar-refractivity contribution in [3.63, 3.8) is 0 Å². The number of methoxy groups -OCH3 is 1. The van der Waals surface area contributed by atoms with Crippen molar-refractivity contribution in [2.24, 2.45) is 17.8 Å². The Labute approximate surface area is 228 Å². The second-order valence-corrected chi connectivity index (χ2v) is 10.1. The van der Waals surface area contributed by atoms with Crippen molar-refractivity contribution in [1.29, 1.82) is 0 Å². The number of carbonyl (C=O) groups is 4. The Morgan fingerprint density at radius 2 is 1.55 bits per heavy atom. The average molecular weight is 574 g/mol. The van der Waals surface area contributed by atoms with Gasteiger partial charge in [0.05, 0.1) is 12.1 Å². The summed E-state index contributed by atoms with van der Waals surface area (Å²) in [5.74, 6) is -6.80. The van der Waals surface area contributed by atoms with Gasteiger partial charge in [0, 0.05) is 35.3 Å². The number of hydrogen-bond donors (Lipinski definition) is 1. The molecule has 1 N–H and O–H groups in total. The molecule has 2 aromatic rings. The third-order valence-corrected chi connectivity index (χ3v) is 6.63. The fourth-order valence-corrected chi connectivity index (χ4v) is 4.19. The Morgan fingerprint density at radius 3 is 2.08 bits per heavy atom. The van der Waals surface area contributed by atoms with Gasteiger partial charge in [0.2, 0.25) is 11.7 Å². The van der Waals surface area contributed by atoms with E-state index in [1.807, 2.05) is 0 Å². The van der Waals surface area contributed by atoms with Gasteiger partial charge in [0.25, 0.3) is 0 Å². The number of halogens is 5. The van der Waals surface area contributed by atoms with Gasteiger partial charge in [-0.25, -0.2) is 0 Å². The van der Waals surface area contributed by atoms with Gasteiger partial charge in [-0.2, -0.15) is 13.2 Å². The molecule has 0 heterocycles. The van der Waals surface area contributed by atoms with Crippen molar-refractivity contribution >= 4 is 46.5 Å². The smallest absolute Gasteiger partial charge is 0.450 e. The van der Waals surface area contributed by atoms with E-state index in [2.05, 4.69) is 5.32 Å². The number of ether oxygens (including phenoxy) is 1. The molecule has 0 saturated carbocycles. The maximum atomic E-state index is 13.3. The molecule has 206 valence electrons. The summed E-state index contributed by atoms with van der Waals surface area (Å²) in [6, 6.07) is 9.00. The number of Topliss-reactive ketones (excluding diaryl/α,β-unsaturated/α-hetero) is 3. The SMILES string of the molecule is COc1ccc([C@H](NC(=O)[C@H](C)CC(=O)c2cc(Cl)ccc2Cl)C(=O)C[C@H](C(=O)C(F)(F)F)C(C)C)cc1. The van der Waals surface area contributed by atoms with Crippen molar-refractivity contribution in [3.05, 3.63) is 63.6 Å². The van der Waals surface area contributed by atoms with E-state index in [0.29, 0.717) is 5.75 Å². The zero-order valence-corrected chi connectivity index (χ0v) is 22.7. The lowest BCUT2D eigenvalue weighted by atomic mass is 9.84. The molecular weight excluding hydrogens is 546 g/mol. The first kappa shape index (κ1) is 31.3. The third-order valence-electron chi connectivity index (χ3n) is 6.07. The minimum atomic E-state index is -5.11. The van der Waals surface area contributed by atoms with E-state index in [9.17, 15) is 32.3 Å². The monoisotopic (exact) mass is 573 g/mol. The van der Waals surface area contributed by atoms with Crippen LogP contribution in [0.25, 0.3) is 0 Å². The highest BCUT2D eigenvalue weighted by Crippen LogP contribution is 2.31. The molecule has 6 nitrogen and oxygen atoms in total. The standard InChI is InChI=1S/C27H28Cl2F3NO5/c1-14(2)19(25(36)27(30,31)32)13-23(35)24(16-5-8-18(38-4)9-6-16)33-26(37)15(3)11-22(34)20-12-17(28)7-10-21(20)29/h5-10,12,14-15,19,24H,11,13H2,1-4H3,(H,33,37)/t15-,19+,24+/m1/s1. The number of amides is 1. The molecule has 1 amide bonds. The van der Waals surface area contributed by atoms with E-state index in [0.717, 1.165) is 0 Å². The van der Waals surface area contributed by atoms with Crippen LogP contribution in [0.1, 0.15) is 55.6 Å². The number of hydrogen-bond acceptors (Lipinski definition) is 5. The number of rotatable bonds is 12. The van der Waals surface area contributed by atoms with Crippen LogP contribution in [0.2, 0.25) is 10.0 Å². The van der Waals surface area contributed by atoms with Gasteiger partial charge in [-0.1, -0.05) is 56.1 Å². The van der Waals surface area contributed by atoms with Crippen LogP contribution < -0.4 is 10.1 Å². The lowest BCUT2D eigenvalue weighted by molar-refractivity contribution is -0.177. The number of nitrogens with one attached hydrogen (secondary N) is 1. The van der Waals surface area contributed by atoms with Gasteiger partial charge in [0.1, 0.15) is 11.8 Å². The molecule has 0 radical (unpaired) electrons. The quantitative estimate of drug-likeness (QED) is 0.295. The highest BCUT2D eigenvalue weighted by Gasteiger charge is 2.45. The minimum absolute atomic E-state index is 0.132. The largest absolute Gasteiger partial charge is 0.497 e. The summed E-state index contributed by atoms with van der Waals surface area (Å²) in [6.45, 7) is 4.29. The van der Waals surface area contributed by atoms with Gasteiger partial charge in [-0.3, -0.25) is 19.2 Å². The van der Waals surface area contributed by atoms with Crippen molar-refractivity contribution < 1.29 is 37.1 Å². The maximum absolute atomic E-state index is 13.3. The van der Waals surface area contributed by atoms with E-state index in [1.165, 1.54) is 70.3 Å². The van der Waals surface area contributed by atoms with Crippen LogP contribution >= 0.6 is 23.2 Å².